The van der Waals surface area contributed by atoms with E-state index in [1.807, 2.05) is 0 Å². The molecule has 24 heavy (non-hydrogen) atoms. The summed E-state index contributed by atoms with van der Waals surface area (Å²) in [5.41, 5.74) is 3.75. The molecule has 122 valence electrons. The lowest BCUT2D eigenvalue weighted by atomic mass is 9.85. The molecule has 0 spiro atoms. The Kier molecular flexibility index (Phi) is 7.85. The second-order valence-electron chi connectivity index (χ2n) is 4.97. The average molecular weight is 412 g/mol. The van der Waals surface area contributed by atoms with Crippen molar-refractivity contribution in [3.63, 3.8) is 0 Å². The Balaban J connectivity index is 0.000000368. The molecule has 3 aromatic carbocycles. The first-order chi connectivity index (χ1) is 11.4. The molecule has 0 aliphatic heterocycles. The summed E-state index contributed by atoms with van der Waals surface area (Å²) in [6.07, 6.45) is 0. The lowest BCUT2D eigenvalue weighted by Crippen LogP contribution is -2.03. The van der Waals surface area contributed by atoms with E-state index in [-0.39, 0.29) is 0 Å². The fourth-order valence-electron chi connectivity index (χ4n) is 2.31. The van der Waals surface area contributed by atoms with Crippen LogP contribution in [0, 0.1) is 5.92 Å². The average Bonchev–Trinajstić information content (AvgIpc) is 2.57. The van der Waals surface area contributed by atoms with Crippen LogP contribution in [-0.4, -0.2) is 9.39 Å². The van der Waals surface area contributed by atoms with Gasteiger partial charge in [-0.2, -0.15) is 0 Å². The van der Waals surface area contributed by atoms with Crippen LogP contribution < -0.4 is 0 Å². The van der Waals surface area contributed by atoms with Crippen LogP contribution in [0.3, 0.4) is 0 Å². The van der Waals surface area contributed by atoms with E-state index >= 15 is 0 Å². The van der Waals surface area contributed by atoms with Gasteiger partial charge >= 0.3 is 9.39 Å². The molecule has 0 bridgehead atoms. The fourth-order valence-corrected chi connectivity index (χ4v) is 2.31. The molecule has 5 heteroatoms. The van der Waals surface area contributed by atoms with Gasteiger partial charge in [0, 0.05) is 0 Å². The number of benzene rings is 3. The van der Waals surface area contributed by atoms with E-state index in [9.17, 15) is 0 Å². The van der Waals surface area contributed by atoms with E-state index < -0.39 is 9.39 Å². The van der Waals surface area contributed by atoms with Gasteiger partial charge in [0.15, 0.2) is 0 Å². The van der Waals surface area contributed by atoms with Crippen molar-refractivity contribution in [3.8, 4) is 0 Å². The zero-order valence-electron chi connectivity index (χ0n) is 12.7. The maximum atomic E-state index is 4.99. The van der Waals surface area contributed by atoms with Crippen LogP contribution in [0.4, 0.5) is 0 Å². The first-order valence-electron chi connectivity index (χ1n) is 7.35. The first-order valence-corrected chi connectivity index (χ1v) is 14.3. The minimum Gasteiger partial charge on any atom is -0.391 e. The Hall–Kier alpha value is -0.778. The molecule has 0 nitrogen and oxygen atoms in total. The van der Waals surface area contributed by atoms with Gasteiger partial charge in [-0.05, 0) is 72.8 Å². The second kappa shape index (κ2) is 9.64. The molecule has 0 fully saturated rings. The van der Waals surface area contributed by atoms with Gasteiger partial charge in [-0.15, -0.1) is 0 Å². The van der Waals surface area contributed by atoms with Gasteiger partial charge in [0.25, 0.3) is 0 Å². The molecular formula is C19H15AlCl4. The third kappa shape index (κ3) is 7.00. The quantitative estimate of drug-likeness (QED) is 0.245. The van der Waals surface area contributed by atoms with Crippen molar-refractivity contribution in [2.45, 2.75) is 0 Å². The molecule has 3 rings (SSSR count). The molecule has 0 saturated heterocycles. The molecule has 0 radical (unpaired) electrons. The lowest BCUT2D eigenvalue weighted by molar-refractivity contribution is 1.23. The smallest absolute Gasteiger partial charge is 0.391 e. The van der Waals surface area contributed by atoms with Crippen molar-refractivity contribution in [2.75, 3.05) is 0 Å². The van der Waals surface area contributed by atoms with Gasteiger partial charge < -0.3 is 40.2 Å². The Morgan fingerprint density at radius 3 is 0.875 bits per heavy atom. The van der Waals surface area contributed by atoms with Crippen LogP contribution in [0.1, 0.15) is 16.7 Å². The van der Waals surface area contributed by atoms with Crippen LogP contribution in [0.25, 0.3) is 0 Å². The summed E-state index contributed by atoms with van der Waals surface area (Å²) < 4.78 is 0. The van der Waals surface area contributed by atoms with Crippen molar-refractivity contribution in [1.82, 2.24) is 0 Å². The predicted octanol–water partition coefficient (Wildman–Crippen LogP) is 7.08. The van der Waals surface area contributed by atoms with Crippen LogP contribution in [0.5, 0.6) is 0 Å². The van der Waals surface area contributed by atoms with Crippen molar-refractivity contribution < 1.29 is 0 Å². The molecule has 0 atom stereocenters. The van der Waals surface area contributed by atoms with E-state index in [0.29, 0.717) is 0 Å². The molecule has 0 unspecified atom stereocenters. The van der Waals surface area contributed by atoms with E-state index in [4.69, 9.17) is 40.2 Å². The van der Waals surface area contributed by atoms with E-state index in [2.05, 4.69) is 91.0 Å². The Morgan fingerprint density at radius 2 is 0.667 bits per heavy atom. The van der Waals surface area contributed by atoms with E-state index in [0.717, 1.165) is 0 Å². The first kappa shape index (κ1) is 19.5. The van der Waals surface area contributed by atoms with Gasteiger partial charge in [-0.3, -0.25) is 0 Å². The predicted molar refractivity (Wildman–Crippen MR) is 109 cm³/mol. The van der Waals surface area contributed by atoms with Gasteiger partial charge in [0.1, 0.15) is 0 Å². The summed E-state index contributed by atoms with van der Waals surface area (Å²) in [5, 5.41) is 0. The summed E-state index contributed by atoms with van der Waals surface area (Å²) in [4.78, 5) is 0. The van der Waals surface area contributed by atoms with Gasteiger partial charge in [-0.1, -0.05) is 18.2 Å². The van der Waals surface area contributed by atoms with E-state index in [1.54, 1.807) is 0 Å². The number of hydrogen-bond donors (Lipinski definition) is 0. The summed E-state index contributed by atoms with van der Waals surface area (Å²) in [6.45, 7) is 0. The molecule has 0 N–H and O–H groups in total. The summed E-state index contributed by atoms with van der Waals surface area (Å²) in [5.74, 6) is 1.28. The Labute approximate surface area is 162 Å². The maximum Gasteiger partial charge on any atom is 0.564 e. The number of hydrogen-bond acceptors (Lipinski definition) is 0. The standard InChI is InChI=1S/C19H15.Al.4ClH/c1-4-10-16(11-5-1)19(17-12-6-2-7-13-17)18-14-8-3-9-15-18;;;;;/h1-15H;;4*1H/q+1;+3;;;;/p-4. The molecular weight excluding hydrogens is 397 g/mol. The zero-order valence-corrected chi connectivity index (χ0v) is 16.9. The van der Waals surface area contributed by atoms with Crippen LogP contribution >= 0.6 is 40.2 Å². The largest absolute Gasteiger partial charge is 0.564 e. The molecule has 0 aliphatic carbocycles. The van der Waals surface area contributed by atoms with E-state index in [1.165, 1.54) is 22.6 Å². The third-order valence-electron chi connectivity index (χ3n) is 3.19. The Bertz CT molecular complexity index is 613. The van der Waals surface area contributed by atoms with Crippen LogP contribution in [0.15, 0.2) is 91.0 Å². The Morgan fingerprint density at radius 1 is 0.458 bits per heavy atom. The summed E-state index contributed by atoms with van der Waals surface area (Å²) >= 11 is 0. The molecule has 0 aliphatic rings. The third-order valence-corrected chi connectivity index (χ3v) is 3.19. The highest BCUT2D eigenvalue weighted by atomic mass is 35.9. The highest BCUT2D eigenvalue weighted by Gasteiger charge is 2.21. The van der Waals surface area contributed by atoms with Crippen molar-refractivity contribution in [1.29, 1.82) is 0 Å². The second-order valence-corrected chi connectivity index (χ2v) is 17.8. The zero-order chi connectivity index (χ0) is 17.4. The fraction of sp³-hybridized carbons (Fsp3) is 0. The van der Waals surface area contributed by atoms with Crippen molar-refractivity contribution >= 4 is 49.6 Å². The summed E-state index contributed by atoms with van der Waals surface area (Å²) in [6, 6.07) is 31.6. The molecule has 0 amide bonds. The normalized spacial score (nSPS) is 10.5. The van der Waals surface area contributed by atoms with Crippen molar-refractivity contribution in [3.05, 3.63) is 114 Å². The maximum absolute atomic E-state index is 4.99. The van der Waals surface area contributed by atoms with Crippen molar-refractivity contribution in [2.24, 2.45) is 0 Å². The van der Waals surface area contributed by atoms with Crippen LogP contribution in [0.2, 0.25) is 0 Å². The number of rotatable bonds is 3. The summed E-state index contributed by atoms with van der Waals surface area (Å²) in [7, 11) is 17.0. The molecule has 3 aromatic rings. The molecule has 0 saturated carbocycles. The minimum atomic E-state index is -2.94. The molecule has 0 aromatic heterocycles. The lowest BCUT2D eigenvalue weighted by Gasteiger charge is -2.12. The van der Waals surface area contributed by atoms with Gasteiger partial charge in [0.2, 0.25) is 0 Å². The topological polar surface area (TPSA) is 0 Å². The van der Waals surface area contributed by atoms with Gasteiger partial charge in [-0.25, -0.2) is 0 Å². The SMILES string of the molecule is [Cl][Al-]([Cl])([Cl])[Cl].c1ccc([C+](c2ccccc2)c2ccccc2)cc1. The highest BCUT2D eigenvalue weighted by Crippen LogP contribution is 2.30. The highest BCUT2D eigenvalue weighted by molar-refractivity contribution is 7.81. The van der Waals surface area contributed by atoms with Gasteiger partial charge in [0.05, 0.1) is 22.6 Å². The molecule has 0 heterocycles. The number of halogens is 4. The van der Waals surface area contributed by atoms with Crippen LogP contribution in [-0.2, 0) is 0 Å². The minimum absolute atomic E-state index is 1.25. The monoisotopic (exact) mass is 410 g/mol.